The molecule has 1 saturated carbocycles. The third-order valence-corrected chi connectivity index (χ3v) is 9.32. The van der Waals surface area contributed by atoms with Gasteiger partial charge < -0.3 is 28.9 Å². The molecule has 1 aliphatic rings. The molecule has 10 nitrogen and oxygen atoms in total. The van der Waals surface area contributed by atoms with Gasteiger partial charge in [-0.1, -0.05) is 76.2 Å². The lowest BCUT2D eigenvalue weighted by atomic mass is 10.1. The highest BCUT2D eigenvalue weighted by molar-refractivity contribution is 5.95. The average Bonchev–Trinajstić information content (AvgIpc) is 4.00. The lowest BCUT2D eigenvalue weighted by Crippen LogP contribution is -2.23. The maximum atomic E-state index is 13.6. The normalized spacial score (nSPS) is 12.2. The number of benzene rings is 3. The summed E-state index contributed by atoms with van der Waals surface area (Å²) in [5, 5.41) is 5.81. The van der Waals surface area contributed by atoms with Crippen molar-refractivity contribution in [2.45, 2.75) is 60.2 Å². The summed E-state index contributed by atoms with van der Waals surface area (Å²) in [6.45, 7) is 1.84. The maximum absolute atomic E-state index is 13.6. The first-order valence-electron chi connectivity index (χ1n) is 18.1. The number of hydrogen-bond donors (Lipinski definition) is 2. The summed E-state index contributed by atoms with van der Waals surface area (Å²) in [6, 6.07) is 31.0. The molecule has 8 rings (SSSR count). The number of hydrogen-bond acceptors (Lipinski definition) is 6. The van der Waals surface area contributed by atoms with Crippen LogP contribution in [0.15, 0.2) is 134 Å². The predicted octanol–water partition coefficient (Wildman–Crippen LogP) is 9.09. The number of carbonyl (C=O) groups is 2. The number of nitrogens with one attached hydrogen (secondary N) is 2. The fraction of sp³-hybridized carbons (Fsp3) is 0.244. The minimum atomic E-state index is -0.284. The molecule has 0 atom stereocenters. The van der Waals surface area contributed by atoms with Crippen molar-refractivity contribution in [1.82, 2.24) is 29.4 Å². The number of nitrogens with zero attached hydrogens (tertiary/aromatic N) is 4. The first-order valence-corrected chi connectivity index (χ1v) is 18.1. The molecule has 0 radical (unpaired) electrons. The van der Waals surface area contributed by atoms with E-state index in [0.29, 0.717) is 41.6 Å². The molecule has 11 heteroatoms. The zero-order valence-corrected chi connectivity index (χ0v) is 29.7. The Kier molecular flexibility index (Phi) is 14.3. The van der Waals surface area contributed by atoms with Crippen LogP contribution < -0.4 is 20.1 Å². The zero-order valence-electron chi connectivity index (χ0n) is 29.7. The van der Waals surface area contributed by atoms with Gasteiger partial charge in [0.1, 0.15) is 40.9 Å². The number of pyridine rings is 2. The first-order chi connectivity index (χ1) is 26.5. The van der Waals surface area contributed by atoms with Crippen molar-refractivity contribution >= 4 is 23.1 Å². The van der Waals surface area contributed by atoms with Crippen molar-refractivity contribution in [2.75, 3.05) is 6.61 Å². The van der Waals surface area contributed by atoms with Crippen LogP contribution in [0.2, 0.25) is 0 Å². The number of ether oxygens (including phenoxy) is 2. The Bertz CT molecular complexity index is 2280. The van der Waals surface area contributed by atoms with E-state index >= 15 is 0 Å². The van der Waals surface area contributed by atoms with Gasteiger partial charge in [0.15, 0.2) is 0 Å². The van der Waals surface area contributed by atoms with Crippen LogP contribution in [-0.4, -0.2) is 37.2 Å². The van der Waals surface area contributed by atoms with Gasteiger partial charge in [-0.25, -0.2) is 14.4 Å². The molecule has 2 amide bonds. The Morgan fingerprint density at radius 3 is 2.07 bits per heavy atom. The van der Waals surface area contributed by atoms with Crippen LogP contribution in [0.25, 0.3) is 11.3 Å². The molecule has 290 valence electrons. The summed E-state index contributed by atoms with van der Waals surface area (Å²) in [6.07, 6.45) is 14.2. The molecule has 0 aliphatic heterocycles. The maximum Gasteiger partial charge on any atom is 0.271 e. The lowest BCUT2D eigenvalue weighted by Gasteiger charge is -2.12. The summed E-state index contributed by atoms with van der Waals surface area (Å²) in [7, 11) is 0. The number of carbonyl (C=O) groups excluding carboxylic acids is 2. The highest BCUT2D eigenvalue weighted by Gasteiger charge is 2.15. The van der Waals surface area contributed by atoms with E-state index in [4.69, 9.17) is 9.47 Å². The smallest absolute Gasteiger partial charge is 0.271 e. The molecular formula is C45H49FN6O4. The van der Waals surface area contributed by atoms with Gasteiger partial charge in [0.05, 0.1) is 6.61 Å². The Labute approximate surface area is 327 Å². The molecule has 1 aliphatic carbocycles. The number of fused-ring (bicyclic) bond motifs is 2. The summed E-state index contributed by atoms with van der Waals surface area (Å²) in [5.41, 5.74) is 4.96. The highest BCUT2D eigenvalue weighted by Crippen LogP contribution is 2.26. The van der Waals surface area contributed by atoms with Crippen molar-refractivity contribution in [3.05, 3.63) is 168 Å². The van der Waals surface area contributed by atoms with E-state index in [-0.39, 0.29) is 39.1 Å². The van der Waals surface area contributed by atoms with Crippen molar-refractivity contribution in [3.63, 3.8) is 0 Å². The molecule has 2 N–H and O–H groups in total. The van der Waals surface area contributed by atoms with E-state index < -0.39 is 0 Å². The minimum Gasteiger partial charge on any atom is -0.493 e. The van der Waals surface area contributed by atoms with Crippen molar-refractivity contribution in [1.29, 1.82) is 0 Å². The van der Waals surface area contributed by atoms with Gasteiger partial charge in [-0.15, -0.1) is 0 Å². The van der Waals surface area contributed by atoms with Gasteiger partial charge in [-0.2, -0.15) is 0 Å². The Morgan fingerprint density at radius 2 is 1.38 bits per heavy atom. The van der Waals surface area contributed by atoms with Gasteiger partial charge in [0.2, 0.25) is 0 Å². The van der Waals surface area contributed by atoms with Crippen LogP contribution in [0.5, 0.6) is 11.5 Å². The van der Waals surface area contributed by atoms with Gasteiger partial charge in [-0.3, -0.25) is 9.59 Å². The average molecular weight is 757 g/mol. The van der Waals surface area contributed by atoms with E-state index in [1.54, 1.807) is 59.3 Å². The van der Waals surface area contributed by atoms with Crippen LogP contribution in [0.1, 0.15) is 78.1 Å². The van der Waals surface area contributed by atoms with Crippen LogP contribution in [0, 0.1) is 11.7 Å². The summed E-state index contributed by atoms with van der Waals surface area (Å²) in [4.78, 5) is 33.1. The van der Waals surface area contributed by atoms with Crippen LogP contribution >= 0.6 is 0 Å². The first kappa shape index (κ1) is 40.7. The molecular weight excluding hydrogens is 708 g/mol. The second-order valence-electron chi connectivity index (χ2n) is 13.2. The number of aromatic nitrogens is 4. The van der Waals surface area contributed by atoms with E-state index in [1.165, 1.54) is 31.7 Å². The van der Waals surface area contributed by atoms with E-state index in [1.807, 2.05) is 77.6 Å². The highest BCUT2D eigenvalue weighted by atomic mass is 19.1. The van der Waals surface area contributed by atoms with Crippen LogP contribution in [0.3, 0.4) is 0 Å². The summed E-state index contributed by atoms with van der Waals surface area (Å²) < 4.78 is 28.8. The molecule has 0 unspecified atom stereocenters. The minimum absolute atomic E-state index is 0. The number of imidazole rings is 2. The van der Waals surface area contributed by atoms with Gasteiger partial charge in [-0.05, 0) is 84.5 Å². The third-order valence-electron chi connectivity index (χ3n) is 9.32. The standard InChI is InChI=1S/C22H18FN3O2.C21H23N3O2.2CH4/c23-19-6-2-1-5-17(19)15-28-18-10-8-16(9-11-18)13-24-22(27)20-14-26-12-4-3-7-21(26)25-20;25-21(18-9-11-24-12-10-22-20(24)13-18)23-14-16-5-7-19(8-6-16)26-15-17-3-1-2-4-17;;/h1-12,14H,13,15H2,(H,24,27);5-13,17H,1-4,14-15H2,(H,23,25);2*1H4. The van der Waals surface area contributed by atoms with Crippen LogP contribution in [0.4, 0.5) is 4.39 Å². The second-order valence-corrected chi connectivity index (χ2v) is 13.2. The van der Waals surface area contributed by atoms with E-state index in [9.17, 15) is 14.0 Å². The molecule has 56 heavy (non-hydrogen) atoms. The molecule has 0 bridgehead atoms. The number of halogens is 1. The van der Waals surface area contributed by atoms with Crippen molar-refractivity contribution in [2.24, 2.45) is 5.92 Å². The number of amides is 2. The van der Waals surface area contributed by atoms with Gasteiger partial charge in [0.25, 0.3) is 11.8 Å². The Hall–Kier alpha value is -6.49. The number of rotatable bonds is 12. The van der Waals surface area contributed by atoms with Gasteiger partial charge >= 0.3 is 0 Å². The molecule has 7 aromatic rings. The topological polar surface area (TPSA) is 111 Å². The molecule has 0 saturated heterocycles. The van der Waals surface area contributed by atoms with Gasteiger partial charge in [0, 0.05) is 55.2 Å². The lowest BCUT2D eigenvalue weighted by molar-refractivity contribution is 0.0940. The monoisotopic (exact) mass is 756 g/mol. The molecule has 0 spiro atoms. The van der Waals surface area contributed by atoms with Crippen molar-refractivity contribution < 1.29 is 23.5 Å². The SMILES string of the molecule is C.C.O=C(NCc1ccc(OCC2CCCC2)cc1)c1ccn2ccnc2c1.O=C(NCc1ccc(OCc2ccccc2F)cc1)c1cn2ccccc2n1. The largest absolute Gasteiger partial charge is 0.493 e. The quantitative estimate of drug-likeness (QED) is 0.129. The third kappa shape index (κ3) is 10.8. The Morgan fingerprint density at radius 1 is 0.714 bits per heavy atom. The molecule has 4 aromatic heterocycles. The molecule has 3 aromatic carbocycles. The Balaban J connectivity index is 0.000000207. The van der Waals surface area contributed by atoms with Crippen molar-refractivity contribution in [3.8, 4) is 11.5 Å². The molecule has 1 fully saturated rings. The fourth-order valence-corrected chi connectivity index (χ4v) is 6.23. The fourth-order valence-electron chi connectivity index (χ4n) is 6.23. The van der Waals surface area contributed by atoms with E-state index in [2.05, 4.69) is 20.6 Å². The summed E-state index contributed by atoms with van der Waals surface area (Å²) >= 11 is 0. The zero-order chi connectivity index (χ0) is 37.1. The summed E-state index contributed by atoms with van der Waals surface area (Å²) in [5.74, 6) is 1.63. The molecule has 4 heterocycles. The van der Waals surface area contributed by atoms with Crippen LogP contribution in [-0.2, 0) is 19.7 Å². The van der Waals surface area contributed by atoms with E-state index in [0.717, 1.165) is 34.8 Å². The predicted molar refractivity (Wildman–Crippen MR) is 217 cm³/mol. The second kappa shape index (κ2) is 19.7.